The topological polar surface area (TPSA) is 68.0 Å². The number of rotatable bonds is 3. The largest absolute Gasteiger partial charge is 0.327 e. The molecule has 1 aromatic heterocycles. The van der Waals surface area contributed by atoms with Gasteiger partial charge in [0.15, 0.2) is 5.13 Å². The Morgan fingerprint density at radius 1 is 1.30 bits per heavy atom. The average Bonchev–Trinajstić information content (AvgIpc) is 2.80. The highest BCUT2D eigenvalue weighted by Crippen LogP contribution is 2.30. The van der Waals surface area contributed by atoms with Crippen molar-refractivity contribution < 1.29 is 4.79 Å². The van der Waals surface area contributed by atoms with Crippen LogP contribution in [0.2, 0.25) is 0 Å². The Balaban J connectivity index is 1.56. The van der Waals surface area contributed by atoms with Gasteiger partial charge in [0.1, 0.15) is 0 Å². The molecule has 1 amide bonds. The lowest BCUT2D eigenvalue weighted by Gasteiger charge is -2.20. The van der Waals surface area contributed by atoms with Crippen LogP contribution >= 0.6 is 11.3 Å². The first kappa shape index (κ1) is 14.0. The summed E-state index contributed by atoms with van der Waals surface area (Å²) in [7, 11) is 0. The zero-order chi connectivity index (χ0) is 13.9. The van der Waals surface area contributed by atoms with Gasteiger partial charge in [-0.15, -0.1) is 11.3 Å². The molecule has 2 aliphatic carbocycles. The van der Waals surface area contributed by atoms with Crippen LogP contribution in [0, 0.1) is 5.92 Å². The zero-order valence-electron chi connectivity index (χ0n) is 11.9. The number of amides is 1. The van der Waals surface area contributed by atoms with Gasteiger partial charge >= 0.3 is 0 Å². The van der Waals surface area contributed by atoms with E-state index in [4.69, 9.17) is 5.73 Å². The Hall–Kier alpha value is -0.940. The number of nitrogens with zero attached hydrogens (tertiary/aromatic N) is 1. The van der Waals surface area contributed by atoms with Crippen molar-refractivity contribution in [3.8, 4) is 0 Å². The second kappa shape index (κ2) is 6.22. The minimum Gasteiger partial charge on any atom is -0.327 e. The number of hydrogen-bond acceptors (Lipinski definition) is 4. The predicted octanol–water partition coefficient (Wildman–Crippen LogP) is 2.87. The number of nitrogens with two attached hydrogens (primary N) is 1. The minimum absolute atomic E-state index is 0.132. The van der Waals surface area contributed by atoms with E-state index in [1.54, 1.807) is 11.3 Å². The summed E-state index contributed by atoms with van der Waals surface area (Å²) in [6.45, 7) is 0. The second-order valence-corrected chi connectivity index (χ2v) is 7.23. The maximum atomic E-state index is 12.1. The van der Waals surface area contributed by atoms with Crippen molar-refractivity contribution in [1.29, 1.82) is 0 Å². The molecule has 3 N–H and O–H groups in total. The molecule has 0 spiro atoms. The van der Waals surface area contributed by atoms with E-state index in [0.717, 1.165) is 30.1 Å². The van der Waals surface area contributed by atoms with Crippen molar-refractivity contribution >= 4 is 22.4 Å². The number of anilines is 1. The van der Waals surface area contributed by atoms with Gasteiger partial charge in [0, 0.05) is 17.3 Å². The highest BCUT2D eigenvalue weighted by Gasteiger charge is 2.22. The summed E-state index contributed by atoms with van der Waals surface area (Å²) in [5, 5.41) is 3.76. The van der Waals surface area contributed by atoms with Crippen molar-refractivity contribution in [2.24, 2.45) is 11.7 Å². The molecule has 1 fully saturated rings. The van der Waals surface area contributed by atoms with Gasteiger partial charge in [-0.3, -0.25) is 4.79 Å². The fourth-order valence-corrected chi connectivity index (χ4v) is 4.39. The molecule has 0 aromatic carbocycles. The van der Waals surface area contributed by atoms with Gasteiger partial charge in [0.2, 0.25) is 5.91 Å². The highest BCUT2D eigenvalue weighted by molar-refractivity contribution is 7.15. The fraction of sp³-hybridized carbons (Fsp3) is 0.733. The second-order valence-electron chi connectivity index (χ2n) is 6.15. The summed E-state index contributed by atoms with van der Waals surface area (Å²) in [5.41, 5.74) is 7.12. The SMILES string of the molecule is N[C@H]1CCc2nc(NC(=O)CC3CCCCC3)sc2C1. The van der Waals surface area contributed by atoms with Crippen LogP contribution in [0.3, 0.4) is 0 Å². The molecular formula is C15H23N3OS. The van der Waals surface area contributed by atoms with E-state index in [1.165, 1.54) is 37.0 Å². The molecule has 2 aliphatic rings. The molecule has 0 aliphatic heterocycles. The molecule has 0 unspecified atom stereocenters. The number of hydrogen-bond donors (Lipinski definition) is 2. The zero-order valence-corrected chi connectivity index (χ0v) is 12.7. The minimum atomic E-state index is 0.132. The van der Waals surface area contributed by atoms with Gasteiger partial charge in [0.25, 0.3) is 0 Å². The molecule has 0 bridgehead atoms. The third-order valence-electron chi connectivity index (χ3n) is 4.42. The van der Waals surface area contributed by atoms with Gasteiger partial charge in [-0.25, -0.2) is 4.98 Å². The van der Waals surface area contributed by atoms with Crippen LogP contribution in [0.5, 0.6) is 0 Å². The van der Waals surface area contributed by atoms with Gasteiger partial charge in [0.05, 0.1) is 5.69 Å². The third kappa shape index (κ3) is 3.38. The van der Waals surface area contributed by atoms with E-state index < -0.39 is 0 Å². The Morgan fingerprint density at radius 2 is 2.10 bits per heavy atom. The number of fused-ring (bicyclic) bond motifs is 1. The highest BCUT2D eigenvalue weighted by atomic mass is 32.1. The van der Waals surface area contributed by atoms with E-state index in [2.05, 4.69) is 10.3 Å². The fourth-order valence-electron chi connectivity index (χ4n) is 3.28. The van der Waals surface area contributed by atoms with Gasteiger partial charge in [-0.2, -0.15) is 0 Å². The molecule has 5 heteroatoms. The van der Waals surface area contributed by atoms with Crippen molar-refractivity contribution in [2.45, 2.75) is 63.8 Å². The lowest BCUT2D eigenvalue weighted by atomic mass is 9.87. The van der Waals surface area contributed by atoms with Crippen LogP contribution in [0.4, 0.5) is 5.13 Å². The van der Waals surface area contributed by atoms with Crippen LogP contribution in [0.1, 0.15) is 55.5 Å². The van der Waals surface area contributed by atoms with E-state index in [0.29, 0.717) is 12.3 Å². The van der Waals surface area contributed by atoms with E-state index in [9.17, 15) is 4.79 Å². The number of carbonyl (C=O) groups is 1. The van der Waals surface area contributed by atoms with Crippen LogP contribution in [0.15, 0.2) is 0 Å². The monoisotopic (exact) mass is 293 g/mol. The predicted molar refractivity (Wildman–Crippen MR) is 81.9 cm³/mol. The molecule has 110 valence electrons. The summed E-state index contributed by atoms with van der Waals surface area (Å²) < 4.78 is 0. The van der Waals surface area contributed by atoms with Gasteiger partial charge < -0.3 is 11.1 Å². The number of carbonyl (C=O) groups excluding carboxylic acids is 1. The van der Waals surface area contributed by atoms with E-state index in [-0.39, 0.29) is 11.9 Å². The number of nitrogens with one attached hydrogen (secondary N) is 1. The first-order valence-electron chi connectivity index (χ1n) is 7.74. The number of aromatic nitrogens is 1. The summed E-state index contributed by atoms with van der Waals surface area (Å²) in [5.74, 6) is 0.707. The smallest absolute Gasteiger partial charge is 0.226 e. The van der Waals surface area contributed by atoms with Crippen LogP contribution in [0.25, 0.3) is 0 Å². The summed E-state index contributed by atoms with van der Waals surface area (Å²) in [6, 6.07) is 0.258. The van der Waals surface area contributed by atoms with Crippen LogP contribution in [-0.4, -0.2) is 16.9 Å². The lowest BCUT2D eigenvalue weighted by molar-refractivity contribution is -0.117. The third-order valence-corrected chi connectivity index (χ3v) is 5.46. The lowest BCUT2D eigenvalue weighted by Crippen LogP contribution is -2.27. The van der Waals surface area contributed by atoms with Crippen molar-refractivity contribution in [3.63, 3.8) is 0 Å². The number of thiazole rings is 1. The van der Waals surface area contributed by atoms with E-state index in [1.807, 2.05) is 0 Å². The van der Waals surface area contributed by atoms with Crippen molar-refractivity contribution in [2.75, 3.05) is 5.32 Å². The Morgan fingerprint density at radius 3 is 2.90 bits per heavy atom. The molecular weight excluding hydrogens is 270 g/mol. The molecule has 1 heterocycles. The Kier molecular flexibility index (Phi) is 4.36. The summed E-state index contributed by atoms with van der Waals surface area (Å²) in [4.78, 5) is 17.9. The summed E-state index contributed by atoms with van der Waals surface area (Å²) in [6.07, 6.45) is 9.82. The van der Waals surface area contributed by atoms with Gasteiger partial charge in [-0.1, -0.05) is 19.3 Å². The summed E-state index contributed by atoms with van der Waals surface area (Å²) >= 11 is 1.61. The molecule has 1 saturated carbocycles. The molecule has 4 nitrogen and oxygen atoms in total. The Bertz CT molecular complexity index is 479. The first-order valence-corrected chi connectivity index (χ1v) is 8.56. The molecule has 0 radical (unpaired) electrons. The van der Waals surface area contributed by atoms with Crippen molar-refractivity contribution in [1.82, 2.24) is 4.98 Å². The maximum Gasteiger partial charge on any atom is 0.226 e. The van der Waals surface area contributed by atoms with Crippen molar-refractivity contribution in [3.05, 3.63) is 10.6 Å². The molecule has 20 heavy (non-hydrogen) atoms. The first-order chi connectivity index (χ1) is 9.70. The maximum absolute atomic E-state index is 12.1. The van der Waals surface area contributed by atoms with Gasteiger partial charge in [-0.05, 0) is 38.0 Å². The van der Waals surface area contributed by atoms with E-state index >= 15 is 0 Å². The average molecular weight is 293 g/mol. The number of aryl methyl sites for hydroxylation is 1. The molecule has 1 atom stereocenters. The normalized spacial score (nSPS) is 23.4. The molecule has 3 rings (SSSR count). The molecule has 1 aromatic rings. The quantitative estimate of drug-likeness (QED) is 0.900. The molecule has 0 saturated heterocycles. The standard InChI is InChI=1S/C15H23N3OS/c16-11-6-7-12-13(9-11)20-15(17-12)18-14(19)8-10-4-2-1-3-5-10/h10-11H,1-9,16H2,(H,17,18,19)/t11-/m0/s1. The Labute approximate surface area is 124 Å². The van der Waals surface area contributed by atoms with Crippen LogP contribution < -0.4 is 11.1 Å². The van der Waals surface area contributed by atoms with Crippen LogP contribution in [-0.2, 0) is 17.6 Å².